The molecule has 2 bridgehead atoms. The first kappa shape index (κ1) is 21.8. The number of benzene rings is 1. The standard InChI is InChI=1S/C19H27N4O5P/c1-26-29(25,15-7-3-2-4-8-15)28-17-13-14-9-10-16(22-14)18(17)19(24)27-12-6-5-11-21-23-20/h2-4,7-8,14,16-18,22H,5-6,9-13H2,1H3/t14?,16?,17?,18-,29?/m1/s1. The normalized spacial score (nSPS) is 27.6. The second-order valence-corrected chi connectivity index (χ2v) is 9.38. The predicted molar refractivity (Wildman–Crippen MR) is 108 cm³/mol. The Morgan fingerprint density at radius 3 is 2.83 bits per heavy atom. The fourth-order valence-corrected chi connectivity index (χ4v) is 5.56. The molecule has 10 heteroatoms. The molecule has 1 N–H and O–H groups in total. The van der Waals surface area contributed by atoms with Crippen molar-refractivity contribution >= 4 is 18.9 Å². The van der Waals surface area contributed by atoms with Gasteiger partial charge in [0.05, 0.1) is 23.9 Å². The van der Waals surface area contributed by atoms with Gasteiger partial charge in [0.2, 0.25) is 0 Å². The fraction of sp³-hybridized carbons (Fsp3) is 0.632. The van der Waals surface area contributed by atoms with Crippen LogP contribution in [-0.4, -0.2) is 44.4 Å². The molecule has 29 heavy (non-hydrogen) atoms. The van der Waals surface area contributed by atoms with Crippen molar-refractivity contribution in [3.63, 3.8) is 0 Å². The van der Waals surface area contributed by atoms with Gasteiger partial charge >= 0.3 is 13.6 Å². The molecule has 0 aliphatic carbocycles. The smallest absolute Gasteiger partial charge is 0.361 e. The first-order valence-corrected chi connectivity index (χ1v) is 11.4. The van der Waals surface area contributed by atoms with Crippen molar-refractivity contribution in [2.24, 2.45) is 11.0 Å². The number of hydrogen-bond donors (Lipinski definition) is 1. The van der Waals surface area contributed by atoms with Crippen LogP contribution in [0.1, 0.15) is 32.1 Å². The molecule has 2 aliphatic rings. The Balaban J connectivity index is 1.68. The summed E-state index contributed by atoms with van der Waals surface area (Å²) >= 11 is 0. The van der Waals surface area contributed by atoms with E-state index in [1.54, 1.807) is 24.3 Å². The SMILES string of the molecule is COP(=O)(OC1CC2CCC(N2)[C@H]1C(=O)OCCCCN=[N+]=[N-])c1ccccc1. The zero-order valence-electron chi connectivity index (χ0n) is 16.5. The summed E-state index contributed by atoms with van der Waals surface area (Å²) in [5.41, 5.74) is 8.29. The zero-order valence-corrected chi connectivity index (χ0v) is 17.4. The highest BCUT2D eigenvalue weighted by atomic mass is 31.2. The quantitative estimate of drug-likeness (QED) is 0.154. The van der Waals surface area contributed by atoms with E-state index in [0.29, 0.717) is 31.1 Å². The van der Waals surface area contributed by atoms with E-state index in [1.165, 1.54) is 7.11 Å². The number of nitrogens with one attached hydrogen (secondary N) is 1. The minimum absolute atomic E-state index is 0.0597. The Bertz CT molecular complexity index is 786. The van der Waals surface area contributed by atoms with E-state index in [9.17, 15) is 9.36 Å². The van der Waals surface area contributed by atoms with Crippen LogP contribution in [0.4, 0.5) is 0 Å². The molecule has 158 valence electrons. The molecular weight excluding hydrogens is 395 g/mol. The van der Waals surface area contributed by atoms with Crippen molar-refractivity contribution in [1.82, 2.24) is 5.32 Å². The van der Waals surface area contributed by atoms with Crippen LogP contribution in [0.3, 0.4) is 0 Å². The van der Waals surface area contributed by atoms with E-state index >= 15 is 0 Å². The van der Waals surface area contributed by atoms with Gasteiger partial charge in [-0.2, -0.15) is 0 Å². The van der Waals surface area contributed by atoms with Crippen molar-refractivity contribution in [3.8, 4) is 0 Å². The molecule has 9 nitrogen and oxygen atoms in total. The molecule has 2 aliphatic heterocycles. The Morgan fingerprint density at radius 2 is 2.10 bits per heavy atom. The van der Waals surface area contributed by atoms with Gasteiger partial charge in [0.1, 0.15) is 0 Å². The van der Waals surface area contributed by atoms with E-state index in [0.717, 1.165) is 12.8 Å². The lowest BCUT2D eigenvalue weighted by Gasteiger charge is -2.37. The lowest BCUT2D eigenvalue weighted by Crippen LogP contribution is -2.52. The first-order chi connectivity index (χ1) is 14.1. The summed E-state index contributed by atoms with van der Waals surface area (Å²) in [6.45, 7) is 0.628. The summed E-state index contributed by atoms with van der Waals surface area (Å²) in [6.07, 6.45) is 3.10. The second kappa shape index (κ2) is 10.2. The third-order valence-electron chi connectivity index (χ3n) is 5.45. The van der Waals surface area contributed by atoms with Gasteiger partial charge in [-0.25, -0.2) is 0 Å². The van der Waals surface area contributed by atoms with E-state index in [4.69, 9.17) is 19.3 Å². The van der Waals surface area contributed by atoms with Crippen LogP contribution in [0.5, 0.6) is 0 Å². The fourth-order valence-electron chi connectivity index (χ4n) is 4.03. The third-order valence-corrected chi connectivity index (χ3v) is 7.41. The van der Waals surface area contributed by atoms with Crippen molar-refractivity contribution in [3.05, 3.63) is 40.8 Å². The summed E-state index contributed by atoms with van der Waals surface area (Å²) < 4.78 is 30.2. The molecular formula is C19H27N4O5P. The van der Waals surface area contributed by atoms with Gasteiger partial charge < -0.3 is 19.1 Å². The molecule has 2 saturated heterocycles. The monoisotopic (exact) mass is 422 g/mol. The molecule has 0 radical (unpaired) electrons. The zero-order chi connectivity index (χ0) is 20.7. The Labute approximate surface area is 170 Å². The highest BCUT2D eigenvalue weighted by Crippen LogP contribution is 2.50. The van der Waals surface area contributed by atoms with Gasteiger partial charge in [-0.1, -0.05) is 23.3 Å². The van der Waals surface area contributed by atoms with Crippen LogP contribution in [0.25, 0.3) is 10.4 Å². The van der Waals surface area contributed by atoms with Gasteiger partial charge in [0, 0.05) is 30.6 Å². The first-order valence-electron chi connectivity index (χ1n) is 9.90. The number of fused-ring (bicyclic) bond motifs is 2. The molecule has 2 heterocycles. The van der Waals surface area contributed by atoms with Crippen LogP contribution < -0.4 is 10.6 Å². The molecule has 5 atom stereocenters. The number of carbonyl (C=O) groups excluding carboxylic acids is 1. The molecule has 0 aromatic heterocycles. The van der Waals surface area contributed by atoms with Crippen LogP contribution >= 0.6 is 7.60 Å². The van der Waals surface area contributed by atoms with E-state index < -0.39 is 19.6 Å². The van der Waals surface area contributed by atoms with E-state index in [2.05, 4.69) is 15.3 Å². The average Bonchev–Trinajstić information content (AvgIpc) is 3.12. The van der Waals surface area contributed by atoms with Gasteiger partial charge in [0.15, 0.2) is 0 Å². The number of rotatable bonds is 10. The Kier molecular flexibility index (Phi) is 7.70. The summed E-state index contributed by atoms with van der Waals surface area (Å²) in [5.74, 6) is -0.898. The highest BCUT2D eigenvalue weighted by Gasteiger charge is 2.49. The lowest BCUT2D eigenvalue weighted by atomic mass is 9.89. The molecule has 0 saturated carbocycles. The van der Waals surface area contributed by atoms with Gasteiger partial charge in [-0.3, -0.25) is 9.36 Å². The maximum atomic E-state index is 13.4. The lowest BCUT2D eigenvalue weighted by molar-refractivity contribution is -0.154. The van der Waals surface area contributed by atoms with Crippen molar-refractivity contribution in [2.75, 3.05) is 20.3 Å². The maximum absolute atomic E-state index is 13.4. The van der Waals surface area contributed by atoms with Gasteiger partial charge in [0.25, 0.3) is 0 Å². The number of unbranched alkanes of at least 4 members (excludes halogenated alkanes) is 1. The van der Waals surface area contributed by atoms with Crippen molar-refractivity contribution in [1.29, 1.82) is 0 Å². The molecule has 1 aromatic rings. The number of azide groups is 1. The molecule has 1 aromatic carbocycles. The number of nitrogens with zero attached hydrogens (tertiary/aromatic N) is 3. The summed E-state index contributed by atoms with van der Waals surface area (Å²) in [5, 5.41) is 7.38. The topological polar surface area (TPSA) is 123 Å². The number of carbonyl (C=O) groups is 1. The van der Waals surface area contributed by atoms with Crippen molar-refractivity contribution < 1.29 is 23.1 Å². The van der Waals surface area contributed by atoms with Crippen LogP contribution in [-0.2, 0) is 23.1 Å². The third kappa shape index (κ3) is 5.38. The average molecular weight is 422 g/mol. The van der Waals surface area contributed by atoms with E-state index in [-0.39, 0.29) is 24.7 Å². The van der Waals surface area contributed by atoms with Crippen LogP contribution in [0, 0.1) is 5.92 Å². The summed E-state index contributed by atoms with van der Waals surface area (Å²) in [4.78, 5) is 15.5. The summed E-state index contributed by atoms with van der Waals surface area (Å²) in [6, 6.07) is 8.97. The molecule has 2 fully saturated rings. The van der Waals surface area contributed by atoms with E-state index in [1.807, 2.05) is 6.07 Å². The Morgan fingerprint density at radius 1 is 1.31 bits per heavy atom. The number of ether oxygens (including phenoxy) is 1. The summed E-state index contributed by atoms with van der Waals surface area (Å²) in [7, 11) is -2.19. The van der Waals surface area contributed by atoms with Crippen molar-refractivity contribution in [2.45, 2.75) is 50.3 Å². The highest BCUT2D eigenvalue weighted by molar-refractivity contribution is 7.62. The molecule has 4 unspecified atom stereocenters. The maximum Gasteiger partial charge on any atom is 0.361 e. The number of piperidine rings is 1. The van der Waals surface area contributed by atoms with Crippen LogP contribution in [0.15, 0.2) is 35.4 Å². The predicted octanol–water partition coefficient (Wildman–Crippen LogP) is 3.31. The number of esters is 1. The minimum atomic E-state index is -3.55. The molecule has 3 rings (SSSR count). The van der Waals surface area contributed by atoms with Crippen LogP contribution in [0.2, 0.25) is 0 Å². The van der Waals surface area contributed by atoms with Gasteiger partial charge in [-0.15, -0.1) is 0 Å². The largest absolute Gasteiger partial charge is 0.465 e. The minimum Gasteiger partial charge on any atom is -0.465 e. The number of hydrogen-bond acceptors (Lipinski definition) is 7. The molecule has 0 spiro atoms. The van der Waals surface area contributed by atoms with Gasteiger partial charge in [-0.05, 0) is 49.8 Å². The molecule has 0 amide bonds. The Hall–Kier alpha value is -1.89. The second-order valence-electron chi connectivity index (χ2n) is 7.30.